The Morgan fingerprint density at radius 3 is 2.79 bits per heavy atom. The number of aromatic hydroxyl groups is 1. The molecule has 0 unspecified atom stereocenters. The number of nitrogens with zero attached hydrogens (tertiary/aromatic N) is 1. The molecule has 1 aromatic carbocycles. The highest BCUT2D eigenvalue weighted by atomic mass is 35.5. The lowest BCUT2D eigenvalue weighted by atomic mass is 10.3. The first-order chi connectivity index (χ1) is 6.56. The van der Waals surface area contributed by atoms with Gasteiger partial charge in [-0.05, 0) is 12.1 Å². The molecule has 6 heteroatoms. The maximum absolute atomic E-state index is 13.3. The Kier molecular flexibility index (Phi) is 3.55. The van der Waals surface area contributed by atoms with Gasteiger partial charge in [-0.25, -0.2) is 9.38 Å². The summed E-state index contributed by atoms with van der Waals surface area (Å²) in [7, 11) is 0. The van der Waals surface area contributed by atoms with Crippen LogP contribution < -0.4 is 5.73 Å². The van der Waals surface area contributed by atoms with Crippen molar-refractivity contribution < 1.29 is 9.50 Å². The molecule has 3 N–H and O–H groups in total. The Labute approximate surface area is 90.0 Å². The van der Waals surface area contributed by atoms with Gasteiger partial charge in [0.2, 0.25) is 0 Å². The van der Waals surface area contributed by atoms with Crippen LogP contribution in [0.5, 0.6) is 5.75 Å². The molecule has 1 aromatic rings. The molecule has 0 saturated heterocycles. The summed E-state index contributed by atoms with van der Waals surface area (Å²) < 4.78 is 13.3. The van der Waals surface area contributed by atoms with E-state index in [0.717, 1.165) is 0 Å². The molecule has 0 saturated carbocycles. The van der Waals surface area contributed by atoms with Crippen LogP contribution in [0.2, 0.25) is 5.02 Å². The summed E-state index contributed by atoms with van der Waals surface area (Å²) in [5.41, 5.74) is 5.26. The summed E-state index contributed by atoms with van der Waals surface area (Å²) in [5.74, 6) is -1.09. The van der Waals surface area contributed by atoms with Gasteiger partial charge in [-0.1, -0.05) is 11.6 Å². The van der Waals surface area contributed by atoms with Gasteiger partial charge in [0.25, 0.3) is 0 Å². The Hall–Kier alpha value is -1.000. The maximum Gasteiger partial charge on any atom is 0.171 e. The van der Waals surface area contributed by atoms with Crippen molar-refractivity contribution in [3.05, 3.63) is 23.0 Å². The topological polar surface area (TPSA) is 58.6 Å². The fourth-order valence-electron chi connectivity index (χ4n) is 0.800. The van der Waals surface area contributed by atoms with Gasteiger partial charge < -0.3 is 10.8 Å². The minimum Gasteiger partial charge on any atom is -0.506 e. The van der Waals surface area contributed by atoms with E-state index in [4.69, 9.17) is 34.0 Å². The Morgan fingerprint density at radius 1 is 1.57 bits per heavy atom. The normalized spacial score (nSPS) is 11.8. The van der Waals surface area contributed by atoms with Crippen molar-refractivity contribution in [3.8, 4) is 5.75 Å². The van der Waals surface area contributed by atoms with Gasteiger partial charge >= 0.3 is 0 Å². The molecule has 0 aliphatic carbocycles. The van der Waals surface area contributed by atoms with Crippen LogP contribution in [0.15, 0.2) is 17.1 Å². The van der Waals surface area contributed by atoms with E-state index in [1.54, 1.807) is 0 Å². The smallest absolute Gasteiger partial charge is 0.171 e. The Morgan fingerprint density at radius 2 is 2.21 bits per heavy atom. The van der Waals surface area contributed by atoms with Gasteiger partial charge in [0.1, 0.15) is 22.3 Å². The molecule has 0 fully saturated rings. The molecule has 0 aliphatic rings. The second-order valence-corrected chi connectivity index (χ2v) is 3.11. The molecule has 0 atom stereocenters. The van der Waals surface area contributed by atoms with Gasteiger partial charge in [-0.3, -0.25) is 0 Å². The molecule has 3 nitrogen and oxygen atoms in total. The first kappa shape index (κ1) is 11.1. The minimum atomic E-state index is -0.820. The molecule has 14 heavy (non-hydrogen) atoms. The number of phenols is 1. The van der Waals surface area contributed by atoms with Crippen LogP contribution >= 0.6 is 23.2 Å². The van der Waals surface area contributed by atoms with Crippen LogP contribution in [0.4, 0.5) is 10.1 Å². The molecular weight excluding hydrogens is 230 g/mol. The zero-order valence-electron chi connectivity index (χ0n) is 6.97. The average Bonchev–Trinajstić information content (AvgIpc) is 2.19. The lowest BCUT2D eigenvalue weighted by molar-refractivity contribution is 0.470. The lowest BCUT2D eigenvalue weighted by Crippen LogP contribution is -2.12. The molecule has 0 radical (unpaired) electrons. The number of alkyl halides is 1. The van der Waals surface area contributed by atoms with Crippen LogP contribution in [-0.4, -0.2) is 16.8 Å². The summed E-state index contributed by atoms with van der Waals surface area (Å²) in [6.45, 7) is 0. The number of rotatable bonds is 2. The maximum atomic E-state index is 13.3. The number of nitrogens with two attached hydrogens (primary N) is 1. The van der Waals surface area contributed by atoms with E-state index < -0.39 is 5.82 Å². The van der Waals surface area contributed by atoms with E-state index in [0.29, 0.717) is 0 Å². The van der Waals surface area contributed by atoms with Crippen molar-refractivity contribution in [1.82, 2.24) is 0 Å². The second kappa shape index (κ2) is 4.48. The number of hydrogen-bond donors (Lipinski definition) is 2. The minimum absolute atomic E-state index is 0.00205. The third-order valence-electron chi connectivity index (χ3n) is 1.44. The molecular formula is C8H7Cl2FN2O. The third kappa shape index (κ3) is 2.27. The van der Waals surface area contributed by atoms with Gasteiger partial charge in [0, 0.05) is 0 Å². The van der Waals surface area contributed by atoms with E-state index in [9.17, 15) is 4.39 Å². The first-order valence-corrected chi connectivity index (χ1v) is 4.53. The standard InChI is InChI=1S/C8H7Cl2FN2O/c9-3-6(12)13-4-1-2-5(14)7(10)8(4)11/h1-2,14H,3H2,(H2,12,13). The highest BCUT2D eigenvalue weighted by molar-refractivity contribution is 6.32. The van der Waals surface area contributed by atoms with E-state index in [1.807, 2.05) is 0 Å². The van der Waals surface area contributed by atoms with Crippen LogP contribution in [0, 0.1) is 5.82 Å². The van der Waals surface area contributed by atoms with Gasteiger partial charge in [-0.15, -0.1) is 11.6 Å². The summed E-state index contributed by atoms with van der Waals surface area (Å²) in [6, 6.07) is 2.49. The molecule has 0 aliphatic heterocycles. The largest absolute Gasteiger partial charge is 0.506 e. The fraction of sp³-hybridized carbons (Fsp3) is 0.125. The summed E-state index contributed by atoms with van der Waals surface area (Å²) in [4.78, 5) is 3.67. The number of benzene rings is 1. The van der Waals surface area contributed by atoms with E-state index in [2.05, 4.69) is 4.99 Å². The molecule has 76 valence electrons. The van der Waals surface area contributed by atoms with Gasteiger partial charge in [-0.2, -0.15) is 0 Å². The second-order valence-electron chi connectivity index (χ2n) is 2.47. The fourth-order valence-corrected chi connectivity index (χ4v) is 1.02. The Balaban J connectivity index is 3.18. The predicted molar refractivity (Wildman–Crippen MR) is 55.1 cm³/mol. The van der Waals surface area contributed by atoms with Crippen molar-refractivity contribution in [2.75, 3.05) is 5.88 Å². The van der Waals surface area contributed by atoms with Crippen molar-refractivity contribution >= 4 is 34.7 Å². The third-order valence-corrected chi connectivity index (χ3v) is 2.08. The van der Waals surface area contributed by atoms with E-state index in [-0.39, 0.29) is 28.2 Å². The van der Waals surface area contributed by atoms with Crippen molar-refractivity contribution in [2.45, 2.75) is 0 Å². The van der Waals surface area contributed by atoms with Gasteiger partial charge in [0.15, 0.2) is 5.82 Å². The summed E-state index contributed by atoms with van der Waals surface area (Å²) in [6.07, 6.45) is 0. The number of aliphatic imine (C=N–C) groups is 1. The lowest BCUT2D eigenvalue weighted by Gasteiger charge is -2.02. The highest BCUT2D eigenvalue weighted by Gasteiger charge is 2.10. The summed E-state index contributed by atoms with van der Waals surface area (Å²) >= 11 is 10.8. The van der Waals surface area contributed by atoms with Crippen LogP contribution in [0.3, 0.4) is 0 Å². The quantitative estimate of drug-likeness (QED) is 0.471. The number of hydrogen-bond acceptors (Lipinski definition) is 2. The van der Waals surface area contributed by atoms with Crippen molar-refractivity contribution in [1.29, 1.82) is 0 Å². The zero-order valence-corrected chi connectivity index (χ0v) is 8.48. The van der Waals surface area contributed by atoms with E-state index in [1.165, 1.54) is 12.1 Å². The first-order valence-electron chi connectivity index (χ1n) is 3.62. The predicted octanol–water partition coefficient (Wildman–Crippen LogP) is 2.41. The molecule has 0 amide bonds. The number of amidine groups is 1. The molecule has 0 spiro atoms. The molecule has 0 heterocycles. The van der Waals surface area contributed by atoms with Crippen molar-refractivity contribution in [3.63, 3.8) is 0 Å². The Bertz CT molecular complexity index is 382. The highest BCUT2D eigenvalue weighted by Crippen LogP contribution is 2.32. The number of halogens is 3. The van der Waals surface area contributed by atoms with Gasteiger partial charge in [0.05, 0.1) is 5.88 Å². The monoisotopic (exact) mass is 236 g/mol. The molecule has 0 aromatic heterocycles. The number of phenolic OH excluding ortho intramolecular Hbond substituents is 1. The average molecular weight is 237 g/mol. The van der Waals surface area contributed by atoms with Crippen molar-refractivity contribution in [2.24, 2.45) is 10.7 Å². The van der Waals surface area contributed by atoms with Crippen LogP contribution in [0.1, 0.15) is 0 Å². The summed E-state index contributed by atoms with van der Waals surface area (Å²) in [5, 5.41) is 8.66. The SMILES string of the molecule is NC(CCl)=Nc1ccc(O)c(Cl)c1F. The van der Waals surface area contributed by atoms with Crippen LogP contribution in [0.25, 0.3) is 0 Å². The van der Waals surface area contributed by atoms with Crippen LogP contribution in [-0.2, 0) is 0 Å². The molecule has 1 rings (SSSR count). The molecule has 0 bridgehead atoms. The zero-order chi connectivity index (χ0) is 10.7. The van der Waals surface area contributed by atoms with E-state index >= 15 is 0 Å².